The SMILES string of the molecule is Cc1cc(CN2Cc3cccn3CC(CCOCC3CC3)C2)n(C)n1.O=C(O)C(F)(F)F. The Morgan fingerprint density at radius 2 is 2.00 bits per heavy atom. The first-order chi connectivity index (χ1) is 15.1. The van der Waals surface area contributed by atoms with Gasteiger partial charge in [0.2, 0.25) is 0 Å². The van der Waals surface area contributed by atoms with Crippen molar-refractivity contribution in [2.24, 2.45) is 18.9 Å². The van der Waals surface area contributed by atoms with Crippen LogP contribution < -0.4 is 0 Å². The molecule has 178 valence electrons. The zero-order valence-electron chi connectivity index (χ0n) is 18.5. The lowest BCUT2D eigenvalue weighted by Gasteiger charge is -2.24. The molecule has 4 rings (SSSR count). The second-order valence-electron chi connectivity index (χ2n) is 8.70. The Morgan fingerprint density at radius 1 is 1.28 bits per heavy atom. The van der Waals surface area contributed by atoms with Crippen molar-refractivity contribution in [3.8, 4) is 0 Å². The molecule has 1 unspecified atom stereocenters. The monoisotopic (exact) mass is 456 g/mol. The first-order valence-corrected chi connectivity index (χ1v) is 10.9. The molecule has 0 radical (unpaired) electrons. The average molecular weight is 457 g/mol. The molecule has 1 N–H and O–H groups in total. The Labute approximate surface area is 185 Å². The minimum Gasteiger partial charge on any atom is -0.475 e. The summed E-state index contributed by atoms with van der Waals surface area (Å²) in [5.74, 6) is -1.26. The maximum atomic E-state index is 10.6. The van der Waals surface area contributed by atoms with E-state index in [0.717, 1.165) is 57.4 Å². The van der Waals surface area contributed by atoms with Crippen LogP contribution in [0.25, 0.3) is 0 Å². The fourth-order valence-corrected chi connectivity index (χ4v) is 3.89. The van der Waals surface area contributed by atoms with Gasteiger partial charge in [-0.25, -0.2) is 4.79 Å². The molecule has 1 aliphatic carbocycles. The Balaban J connectivity index is 0.000000360. The summed E-state index contributed by atoms with van der Waals surface area (Å²) in [6.07, 6.45) is 1.03. The van der Waals surface area contributed by atoms with Crippen molar-refractivity contribution in [1.29, 1.82) is 0 Å². The molecule has 10 heteroatoms. The third-order valence-electron chi connectivity index (χ3n) is 5.73. The summed E-state index contributed by atoms with van der Waals surface area (Å²) in [5.41, 5.74) is 3.81. The summed E-state index contributed by atoms with van der Waals surface area (Å²) in [6.45, 7) is 8.14. The van der Waals surface area contributed by atoms with Crippen molar-refractivity contribution in [2.45, 2.75) is 52.0 Å². The second kappa shape index (κ2) is 10.5. The first kappa shape index (κ1) is 24.3. The number of hydrogen-bond acceptors (Lipinski definition) is 4. The highest BCUT2D eigenvalue weighted by Crippen LogP contribution is 2.29. The van der Waals surface area contributed by atoms with E-state index in [4.69, 9.17) is 14.6 Å². The van der Waals surface area contributed by atoms with Gasteiger partial charge in [0.05, 0.1) is 11.4 Å². The van der Waals surface area contributed by atoms with Gasteiger partial charge in [0, 0.05) is 58.3 Å². The number of aliphatic carboxylic acids is 1. The normalized spacial score (nSPS) is 19.1. The van der Waals surface area contributed by atoms with Crippen molar-refractivity contribution < 1.29 is 27.8 Å². The van der Waals surface area contributed by atoms with Crippen LogP contribution in [0.4, 0.5) is 13.2 Å². The summed E-state index contributed by atoms with van der Waals surface area (Å²) in [4.78, 5) is 11.5. The molecule has 2 aromatic rings. The number of carboxylic acids is 1. The molecule has 1 saturated carbocycles. The minimum atomic E-state index is -5.08. The molecule has 0 amide bonds. The van der Waals surface area contributed by atoms with Crippen LogP contribution in [0.3, 0.4) is 0 Å². The van der Waals surface area contributed by atoms with Crippen LogP contribution in [-0.2, 0) is 36.2 Å². The van der Waals surface area contributed by atoms with E-state index in [1.165, 1.54) is 24.2 Å². The van der Waals surface area contributed by atoms with Crippen molar-refractivity contribution in [2.75, 3.05) is 19.8 Å². The van der Waals surface area contributed by atoms with Gasteiger partial charge in [-0.15, -0.1) is 0 Å². The molecule has 7 nitrogen and oxygen atoms in total. The maximum Gasteiger partial charge on any atom is 0.490 e. The number of carboxylic acid groups (broad SMARTS) is 1. The molecule has 0 saturated heterocycles. The molecule has 3 heterocycles. The van der Waals surface area contributed by atoms with Gasteiger partial charge < -0.3 is 14.4 Å². The number of carbonyl (C=O) groups is 1. The smallest absolute Gasteiger partial charge is 0.475 e. The van der Waals surface area contributed by atoms with Crippen LogP contribution in [0.5, 0.6) is 0 Å². The van der Waals surface area contributed by atoms with E-state index >= 15 is 0 Å². The third kappa shape index (κ3) is 7.37. The van der Waals surface area contributed by atoms with Gasteiger partial charge >= 0.3 is 12.1 Å². The Bertz CT molecular complexity index is 889. The molecule has 0 aromatic carbocycles. The quantitative estimate of drug-likeness (QED) is 0.645. The Morgan fingerprint density at radius 3 is 2.59 bits per heavy atom. The molecular weight excluding hydrogens is 425 g/mol. The number of rotatable bonds is 7. The van der Waals surface area contributed by atoms with Crippen LogP contribution in [0.15, 0.2) is 24.4 Å². The average Bonchev–Trinajstić information content (AvgIpc) is 3.38. The lowest BCUT2D eigenvalue weighted by molar-refractivity contribution is -0.192. The molecule has 0 spiro atoms. The molecule has 32 heavy (non-hydrogen) atoms. The van der Waals surface area contributed by atoms with Crippen molar-refractivity contribution >= 4 is 5.97 Å². The maximum absolute atomic E-state index is 10.6. The molecule has 2 aliphatic rings. The number of hydrogen-bond donors (Lipinski definition) is 1. The number of aromatic nitrogens is 3. The lowest BCUT2D eigenvalue weighted by atomic mass is 10.1. The summed E-state index contributed by atoms with van der Waals surface area (Å²) in [7, 11) is 2.05. The van der Waals surface area contributed by atoms with Gasteiger partial charge in [-0.3, -0.25) is 9.58 Å². The summed E-state index contributed by atoms with van der Waals surface area (Å²) in [5, 5.41) is 11.6. The fourth-order valence-electron chi connectivity index (χ4n) is 3.89. The molecule has 1 atom stereocenters. The predicted molar refractivity (Wildman–Crippen MR) is 112 cm³/mol. The van der Waals surface area contributed by atoms with Gasteiger partial charge in [-0.2, -0.15) is 18.3 Å². The van der Waals surface area contributed by atoms with Gasteiger partial charge in [0.15, 0.2) is 0 Å². The van der Waals surface area contributed by atoms with Crippen LogP contribution >= 0.6 is 0 Å². The van der Waals surface area contributed by atoms with Gasteiger partial charge in [0.25, 0.3) is 0 Å². The van der Waals surface area contributed by atoms with Crippen LogP contribution in [0.2, 0.25) is 0 Å². The fraction of sp³-hybridized carbons (Fsp3) is 0.636. The summed E-state index contributed by atoms with van der Waals surface area (Å²) < 4.78 is 42.1. The number of alkyl halides is 3. The number of aryl methyl sites for hydroxylation is 2. The highest BCUT2D eigenvalue weighted by atomic mass is 19.4. The van der Waals surface area contributed by atoms with Gasteiger partial charge in [-0.05, 0) is 56.2 Å². The zero-order chi connectivity index (χ0) is 23.3. The van der Waals surface area contributed by atoms with Crippen molar-refractivity contribution in [1.82, 2.24) is 19.2 Å². The summed E-state index contributed by atoms with van der Waals surface area (Å²) >= 11 is 0. The molecule has 1 fully saturated rings. The van der Waals surface area contributed by atoms with E-state index < -0.39 is 12.1 Å². The number of halogens is 3. The second-order valence-corrected chi connectivity index (χ2v) is 8.70. The minimum absolute atomic E-state index is 0.641. The molecular formula is C22H31F3N4O3. The lowest BCUT2D eigenvalue weighted by Crippen LogP contribution is -2.29. The van der Waals surface area contributed by atoms with E-state index in [-0.39, 0.29) is 0 Å². The number of ether oxygens (including phenoxy) is 1. The first-order valence-electron chi connectivity index (χ1n) is 10.9. The standard InChI is InChI=1S/C20H30N4O.C2HF3O2/c1-16-10-20(22(2)21-16)14-23-11-18(7-9-25-15-17-5-6-17)12-24-8-3-4-19(24)13-23;3-2(4,5)1(6)7/h3-4,8,10,17-18H,5-7,9,11-15H2,1-2H3;(H,6,7). The van der Waals surface area contributed by atoms with E-state index in [2.05, 4.69) is 45.9 Å². The van der Waals surface area contributed by atoms with Crippen LogP contribution in [0.1, 0.15) is 36.3 Å². The van der Waals surface area contributed by atoms with Gasteiger partial charge in [-0.1, -0.05) is 0 Å². The summed E-state index contributed by atoms with van der Waals surface area (Å²) in [6, 6.07) is 6.64. The Kier molecular flexibility index (Phi) is 8.00. The zero-order valence-corrected chi connectivity index (χ0v) is 18.5. The Hall–Kier alpha value is -2.33. The molecule has 1 aliphatic heterocycles. The number of fused-ring (bicyclic) bond motifs is 1. The van der Waals surface area contributed by atoms with E-state index in [9.17, 15) is 13.2 Å². The van der Waals surface area contributed by atoms with Crippen LogP contribution in [0, 0.1) is 18.8 Å². The largest absolute Gasteiger partial charge is 0.490 e. The van der Waals surface area contributed by atoms with Crippen molar-refractivity contribution in [3.05, 3.63) is 41.5 Å². The van der Waals surface area contributed by atoms with E-state index in [0.29, 0.717) is 5.92 Å². The molecule has 2 aromatic heterocycles. The topological polar surface area (TPSA) is 72.5 Å². The van der Waals surface area contributed by atoms with Crippen LogP contribution in [-0.4, -0.2) is 56.3 Å². The van der Waals surface area contributed by atoms with E-state index in [1.54, 1.807) is 0 Å². The van der Waals surface area contributed by atoms with Crippen molar-refractivity contribution in [3.63, 3.8) is 0 Å². The molecule has 0 bridgehead atoms. The third-order valence-corrected chi connectivity index (χ3v) is 5.73. The highest BCUT2D eigenvalue weighted by molar-refractivity contribution is 5.73. The highest BCUT2D eigenvalue weighted by Gasteiger charge is 2.38. The van der Waals surface area contributed by atoms with Gasteiger partial charge in [0.1, 0.15) is 0 Å². The number of nitrogens with zero attached hydrogens (tertiary/aromatic N) is 4. The predicted octanol–water partition coefficient (Wildman–Crippen LogP) is 3.61. The van der Waals surface area contributed by atoms with E-state index in [1.807, 2.05) is 11.7 Å².